The minimum absolute atomic E-state index is 0.120. The Morgan fingerprint density at radius 3 is 2.85 bits per heavy atom. The van der Waals surface area contributed by atoms with Crippen molar-refractivity contribution in [1.82, 2.24) is 14.4 Å². The van der Waals surface area contributed by atoms with E-state index < -0.39 is 0 Å². The number of hydrogen-bond acceptors (Lipinski definition) is 4. The summed E-state index contributed by atoms with van der Waals surface area (Å²) >= 11 is 0. The molecule has 0 radical (unpaired) electrons. The second kappa shape index (κ2) is 4.17. The van der Waals surface area contributed by atoms with Gasteiger partial charge in [0.1, 0.15) is 18.2 Å². The van der Waals surface area contributed by atoms with Crippen molar-refractivity contribution in [3.8, 4) is 17.3 Å². The van der Waals surface area contributed by atoms with E-state index in [9.17, 15) is 0 Å². The second-order valence-electron chi connectivity index (χ2n) is 5.66. The molecule has 20 heavy (non-hydrogen) atoms. The van der Waals surface area contributed by atoms with Gasteiger partial charge in [0.05, 0.1) is 18.2 Å². The van der Waals surface area contributed by atoms with Gasteiger partial charge in [0.15, 0.2) is 11.3 Å². The molecule has 0 aliphatic heterocycles. The number of hydrogen-bond donors (Lipinski definition) is 2. The summed E-state index contributed by atoms with van der Waals surface area (Å²) in [5.41, 5.74) is 2.73. The number of H-pyrrole nitrogens is 1. The van der Waals surface area contributed by atoms with Crippen LogP contribution in [-0.2, 0) is 0 Å². The lowest BCUT2D eigenvalue weighted by molar-refractivity contribution is 0.568. The Bertz CT molecular complexity index is 780. The van der Waals surface area contributed by atoms with Crippen LogP contribution in [0.4, 0.5) is 5.82 Å². The highest BCUT2D eigenvalue weighted by atomic mass is 16.3. The molecule has 0 spiro atoms. The number of fused-ring (bicyclic) bond motifs is 1. The van der Waals surface area contributed by atoms with E-state index in [1.807, 2.05) is 10.5 Å². The van der Waals surface area contributed by atoms with Gasteiger partial charge in [0, 0.05) is 11.1 Å². The van der Waals surface area contributed by atoms with E-state index in [1.54, 1.807) is 18.9 Å². The number of imidazole rings is 2. The zero-order chi connectivity index (χ0) is 14.3. The highest BCUT2D eigenvalue weighted by Crippen LogP contribution is 2.31. The molecule has 3 rings (SSSR count). The normalized spacial score (nSPS) is 11.7. The molecule has 3 aromatic heterocycles. The molecule has 3 heterocycles. The fourth-order valence-corrected chi connectivity index (χ4v) is 2.11. The molecule has 0 aliphatic carbocycles. The Hall–Kier alpha value is -2.68. The summed E-state index contributed by atoms with van der Waals surface area (Å²) < 4.78 is 7.00. The van der Waals surface area contributed by atoms with Gasteiger partial charge in [-0.2, -0.15) is 5.26 Å². The Morgan fingerprint density at radius 2 is 2.25 bits per heavy atom. The van der Waals surface area contributed by atoms with Crippen molar-refractivity contribution < 1.29 is 4.42 Å². The van der Waals surface area contributed by atoms with Gasteiger partial charge in [0.25, 0.3) is 0 Å². The van der Waals surface area contributed by atoms with Gasteiger partial charge in [-0.15, -0.1) is 0 Å². The summed E-state index contributed by atoms with van der Waals surface area (Å²) in [6, 6.07) is 3.96. The van der Waals surface area contributed by atoms with E-state index in [2.05, 4.69) is 42.1 Å². The predicted octanol–water partition coefficient (Wildman–Crippen LogP) is 3.00. The first kappa shape index (κ1) is 12.4. The van der Waals surface area contributed by atoms with Crippen LogP contribution in [0.1, 0.15) is 26.5 Å². The highest BCUT2D eigenvalue weighted by Gasteiger charge is 2.21. The van der Waals surface area contributed by atoms with Crippen LogP contribution in [0, 0.1) is 11.3 Å². The molecule has 0 fully saturated rings. The quantitative estimate of drug-likeness (QED) is 0.749. The molecule has 0 atom stereocenters. The van der Waals surface area contributed by atoms with Crippen LogP contribution in [0.2, 0.25) is 0 Å². The number of rotatable bonds is 2. The Kier molecular flexibility index (Phi) is 2.57. The molecule has 102 valence electrons. The third-order valence-electron chi connectivity index (χ3n) is 2.90. The maximum absolute atomic E-state index is 9.10. The summed E-state index contributed by atoms with van der Waals surface area (Å²) in [7, 11) is 0. The maximum atomic E-state index is 9.10. The number of nitriles is 1. The summed E-state index contributed by atoms with van der Waals surface area (Å²) in [5, 5.41) is 12.5. The fourth-order valence-electron chi connectivity index (χ4n) is 2.11. The smallest absolute Gasteiger partial charge is 0.183 e. The number of nitrogens with one attached hydrogen (secondary N) is 2. The van der Waals surface area contributed by atoms with Crippen LogP contribution < -0.4 is 5.32 Å². The molecule has 0 saturated carbocycles. The number of anilines is 1. The third-order valence-corrected chi connectivity index (χ3v) is 2.90. The second-order valence-corrected chi connectivity index (χ2v) is 5.66. The minimum Gasteiger partial charge on any atom is -0.472 e. The monoisotopic (exact) mass is 269 g/mol. The SMILES string of the molecule is CC(C)(C)Nc1c(-c2ccoc2)[nH]c2c(C#N)ncn12. The lowest BCUT2D eigenvalue weighted by Crippen LogP contribution is -2.27. The molecule has 0 aromatic carbocycles. The van der Waals surface area contributed by atoms with Crippen LogP contribution in [0.15, 0.2) is 29.3 Å². The standard InChI is InChI=1S/C14H15N5O/c1-14(2,3)18-13-11(9-4-5-20-7-9)17-12-10(6-15)16-8-19(12)13/h4-5,7-8,17-18H,1-3H3. The van der Waals surface area contributed by atoms with Crippen LogP contribution in [0.3, 0.4) is 0 Å². The van der Waals surface area contributed by atoms with E-state index in [-0.39, 0.29) is 5.54 Å². The van der Waals surface area contributed by atoms with Crippen molar-refractivity contribution in [1.29, 1.82) is 5.26 Å². The number of aromatic nitrogens is 3. The van der Waals surface area contributed by atoms with Crippen molar-refractivity contribution in [3.63, 3.8) is 0 Å². The number of aromatic amines is 1. The number of nitrogens with zero attached hydrogens (tertiary/aromatic N) is 3. The fraction of sp³-hybridized carbons (Fsp3) is 0.286. The van der Waals surface area contributed by atoms with E-state index in [1.165, 1.54) is 0 Å². The molecule has 0 unspecified atom stereocenters. The van der Waals surface area contributed by atoms with Gasteiger partial charge in [-0.1, -0.05) is 0 Å². The molecule has 6 heteroatoms. The van der Waals surface area contributed by atoms with Crippen molar-refractivity contribution in [3.05, 3.63) is 30.6 Å². The van der Waals surface area contributed by atoms with Crippen LogP contribution >= 0.6 is 0 Å². The molecular weight excluding hydrogens is 254 g/mol. The van der Waals surface area contributed by atoms with Gasteiger partial charge in [0.2, 0.25) is 0 Å². The molecule has 0 bridgehead atoms. The maximum Gasteiger partial charge on any atom is 0.183 e. The largest absolute Gasteiger partial charge is 0.472 e. The average Bonchev–Trinajstić information content (AvgIpc) is 3.04. The molecule has 0 saturated heterocycles. The van der Waals surface area contributed by atoms with Crippen LogP contribution in [-0.4, -0.2) is 19.9 Å². The summed E-state index contributed by atoms with van der Waals surface area (Å²) in [5.74, 6) is 0.864. The minimum atomic E-state index is -0.120. The molecule has 0 aliphatic rings. The van der Waals surface area contributed by atoms with Crippen molar-refractivity contribution in [2.24, 2.45) is 0 Å². The molecule has 3 aromatic rings. The predicted molar refractivity (Wildman–Crippen MR) is 75.3 cm³/mol. The van der Waals surface area contributed by atoms with Gasteiger partial charge in [-0.05, 0) is 26.8 Å². The topological polar surface area (TPSA) is 82.0 Å². The molecule has 0 amide bonds. The summed E-state index contributed by atoms with van der Waals surface area (Å²) in [6.07, 6.45) is 4.93. The van der Waals surface area contributed by atoms with Gasteiger partial charge < -0.3 is 14.7 Å². The highest BCUT2D eigenvalue weighted by molar-refractivity contribution is 5.77. The lowest BCUT2D eigenvalue weighted by atomic mass is 10.1. The Balaban J connectivity index is 2.25. The first-order valence-electron chi connectivity index (χ1n) is 6.29. The molecule has 6 nitrogen and oxygen atoms in total. The van der Waals surface area contributed by atoms with Crippen molar-refractivity contribution >= 4 is 11.5 Å². The summed E-state index contributed by atoms with van der Waals surface area (Å²) in [4.78, 5) is 7.34. The van der Waals surface area contributed by atoms with Gasteiger partial charge >= 0.3 is 0 Å². The third kappa shape index (κ3) is 1.93. The first-order chi connectivity index (χ1) is 9.49. The van der Waals surface area contributed by atoms with Crippen LogP contribution in [0.5, 0.6) is 0 Å². The summed E-state index contributed by atoms with van der Waals surface area (Å²) in [6.45, 7) is 6.23. The van der Waals surface area contributed by atoms with Gasteiger partial charge in [-0.25, -0.2) is 4.98 Å². The van der Waals surface area contributed by atoms with Crippen LogP contribution in [0.25, 0.3) is 16.9 Å². The Labute approximate surface area is 116 Å². The number of furan rings is 1. The van der Waals surface area contributed by atoms with Crippen molar-refractivity contribution in [2.45, 2.75) is 26.3 Å². The van der Waals surface area contributed by atoms with E-state index in [0.29, 0.717) is 11.3 Å². The van der Waals surface area contributed by atoms with Gasteiger partial charge in [-0.3, -0.25) is 4.40 Å². The average molecular weight is 269 g/mol. The zero-order valence-corrected chi connectivity index (χ0v) is 11.6. The van der Waals surface area contributed by atoms with E-state index in [0.717, 1.165) is 17.1 Å². The first-order valence-corrected chi connectivity index (χ1v) is 6.29. The zero-order valence-electron chi connectivity index (χ0n) is 11.6. The lowest BCUT2D eigenvalue weighted by Gasteiger charge is -2.22. The van der Waals surface area contributed by atoms with E-state index in [4.69, 9.17) is 9.68 Å². The van der Waals surface area contributed by atoms with Crippen molar-refractivity contribution in [2.75, 3.05) is 5.32 Å². The molecule has 2 N–H and O–H groups in total. The Morgan fingerprint density at radius 1 is 1.45 bits per heavy atom. The van der Waals surface area contributed by atoms with E-state index >= 15 is 0 Å². The molecular formula is C14H15N5O.